The van der Waals surface area contributed by atoms with Crippen molar-refractivity contribution in [3.8, 4) is 5.69 Å². The van der Waals surface area contributed by atoms with Crippen molar-refractivity contribution >= 4 is 11.7 Å². The number of hydrogen-bond acceptors (Lipinski definition) is 3. The average molecular weight is 366 g/mol. The van der Waals surface area contributed by atoms with Gasteiger partial charge < -0.3 is 5.32 Å². The van der Waals surface area contributed by atoms with Crippen molar-refractivity contribution in [3.63, 3.8) is 0 Å². The van der Waals surface area contributed by atoms with Gasteiger partial charge >= 0.3 is 0 Å². The fourth-order valence-corrected chi connectivity index (χ4v) is 2.86. The van der Waals surface area contributed by atoms with Crippen LogP contribution in [0.1, 0.15) is 16.8 Å². The second-order valence-electron chi connectivity index (χ2n) is 6.77. The summed E-state index contributed by atoms with van der Waals surface area (Å²) in [5.74, 6) is 0.239. The minimum Gasteiger partial charge on any atom is -0.309 e. The number of anilines is 1. The van der Waals surface area contributed by atoms with E-state index in [2.05, 4.69) is 10.4 Å². The number of nitrogens with zero attached hydrogens (tertiary/aromatic N) is 3. The molecule has 6 heteroatoms. The molecule has 1 N–H and O–H groups in total. The largest absolute Gasteiger partial charge is 0.309 e. The van der Waals surface area contributed by atoms with E-state index < -0.39 is 0 Å². The van der Waals surface area contributed by atoms with Gasteiger partial charge in [-0.15, -0.1) is 0 Å². The second kappa shape index (κ2) is 8.14. The van der Waals surface area contributed by atoms with E-state index in [1.165, 1.54) is 12.1 Å². The standard InChI is InChI=1S/C21H23FN4O/c1-15-4-10-19(11-5-15)26-20(12-16(2)24-26)23-21(27)14-25(3)13-17-6-8-18(22)9-7-17/h4-12H,13-14H2,1-3H3,(H,23,27). The number of benzene rings is 2. The van der Waals surface area contributed by atoms with E-state index in [-0.39, 0.29) is 18.3 Å². The molecule has 27 heavy (non-hydrogen) atoms. The van der Waals surface area contributed by atoms with Gasteiger partial charge in [-0.3, -0.25) is 9.69 Å². The number of nitrogens with one attached hydrogen (secondary N) is 1. The highest BCUT2D eigenvalue weighted by atomic mass is 19.1. The lowest BCUT2D eigenvalue weighted by Gasteiger charge is -2.16. The van der Waals surface area contributed by atoms with Gasteiger partial charge in [0.05, 0.1) is 17.9 Å². The van der Waals surface area contributed by atoms with Gasteiger partial charge in [0.15, 0.2) is 0 Å². The fraction of sp³-hybridized carbons (Fsp3) is 0.238. The topological polar surface area (TPSA) is 50.2 Å². The molecule has 2 aromatic carbocycles. The molecule has 0 saturated carbocycles. The van der Waals surface area contributed by atoms with E-state index in [1.54, 1.807) is 16.8 Å². The number of hydrogen-bond donors (Lipinski definition) is 1. The number of amides is 1. The Labute approximate surface area is 158 Å². The Balaban J connectivity index is 1.65. The van der Waals surface area contributed by atoms with Crippen molar-refractivity contribution in [2.24, 2.45) is 0 Å². The summed E-state index contributed by atoms with van der Waals surface area (Å²) in [6.45, 7) is 4.69. The zero-order valence-electron chi connectivity index (χ0n) is 15.7. The first kappa shape index (κ1) is 18.8. The van der Waals surface area contributed by atoms with E-state index in [4.69, 9.17) is 0 Å². The lowest BCUT2D eigenvalue weighted by Crippen LogP contribution is -2.30. The van der Waals surface area contributed by atoms with Crippen LogP contribution in [-0.4, -0.2) is 34.2 Å². The van der Waals surface area contributed by atoms with E-state index >= 15 is 0 Å². The summed E-state index contributed by atoms with van der Waals surface area (Å²) in [4.78, 5) is 14.3. The molecule has 0 aliphatic heterocycles. The van der Waals surface area contributed by atoms with Gasteiger partial charge in [0, 0.05) is 12.6 Å². The van der Waals surface area contributed by atoms with E-state index in [1.807, 2.05) is 56.1 Å². The van der Waals surface area contributed by atoms with Crippen molar-refractivity contribution in [3.05, 3.63) is 77.2 Å². The summed E-state index contributed by atoms with van der Waals surface area (Å²) < 4.78 is 14.7. The van der Waals surface area contributed by atoms with Crippen LogP contribution in [0.2, 0.25) is 0 Å². The summed E-state index contributed by atoms with van der Waals surface area (Å²) >= 11 is 0. The van der Waals surface area contributed by atoms with Crippen molar-refractivity contribution in [2.45, 2.75) is 20.4 Å². The monoisotopic (exact) mass is 366 g/mol. The van der Waals surface area contributed by atoms with Crippen LogP contribution in [0.5, 0.6) is 0 Å². The van der Waals surface area contributed by atoms with Gasteiger partial charge in [-0.2, -0.15) is 5.10 Å². The number of likely N-dealkylation sites (N-methyl/N-ethyl adjacent to an activating group) is 1. The first-order valence-corrected chi connectivity index (χ1v) is 8.77. The Kier molecular flexibility index (Phi) is 5.66. The summed E-state index contributed by atoms with van der Waals surface area (Å²) in [7, 11) is 1.85. The zero-order chi connectivity index (χ0) is 19.4. The smallest absolute Gasteiger partial charge is 0.239 e. The molecular weight excluding hydrogens is 343 g/mol. The molecule has 3 aromatic rings. The highest BCUT2D eigenvalue weighted by molar-refractivity contribution is 5.91. The average Bonchev–Trinajstić information content (AvgIpc) is 2.97. The van der Waals surface area contributed by atoms with Gasteiger partial charge in [-0.05, 0) is 50.7 Å². The number of rotatable bonds is 6. The third-order valence-electron chi connectivity index (χ3n) is 4.16. The van der Waals surface area contributed by atoms with E-state index in [0.29, 0.717) is 12.4 Å². The molecule has 3 rings (SSSR count). The summed E-state index contributed by atoms with van der Waals surface area (Å²) in [5, 5.41) is 7.40. The highest BCUT2D eigenvalue weighted by Crippen LogP contribution is 2.17. The highest BCUT2D eigenvalue weighted by Gasteiger charge is 2.13. The Morgan fingerprint density at radius 3 is 2.44 bits per heavy atom. The molecule has 0 spiro atoms. The molecule has 1 heterocycles. The molecule has 0 radical (unpaired) electrons. The molecule has 1 aromatic heterocycles. The van der Waals surface area contributed by atoms with Crippen LogP contribution in [0.15, 0.2) is 54.6 Å². The number of aryl methyl sites for hydroxylation is 2. The van der Waals surface area contributed by atoms with Crippen molar-refractivity contribution in [1.29, 1.82) is 0 Å². The second-order valence-corrected chi connectivity index (χ2v) is 6.77. The minimum absolute atomic E-state index is 0.132. The van der Waals surface area contributed by atoms with Crippen molar-refractivity contribution < 1.29 is 9.18 Å². The predicted molar refractivity (Wildman–Crippen MR) is 104 cm³/mol. The van der Waals surface area contributed by atoms with E-state index in [9.17, 15) is 9.18 Å². The minimum atomic E-state index is -0.265. The van der Waals surface area contributed by atoms with Crippen LogP contribution >= 0.6 is 0 Å². The SMILES string of the molecule is Cc1ccc(-n2nc(C)cc2NC(=O)CN(C)Cc2ccc(F)cc2)cc1. The van der Waals surface area contributed by atoms with Crippen LogP contribution in [-0.2, 0) is 11.3 Å². The zero-order valence-corrected chi connectivity index (χ0v) is 15.7. The molecule has 0 atom stereocenters. The van der Waals surface area contributed by atoms with Crippen LogP contribution in [0.3, 0.4) is 0 Å². The Bertz CT molecular complexity index is 916. The lowest BCUT2D eigenvalue weighted by atomic mass is 10.2. The van der Waals surface area contributed by atoms with Gasteiger partial charge in [0.2, 0.25) is 5.91 Å². The molecule has 5 nitrogen and oxygen atoms in total. The Morgan fingerprint density at radius 1 is 1.11 bits per heavy atom. The quantitative estimate of drug-likeness (QED) is 0.724. The molecule has 0 unspecified atom stereocenters. The van der Waals surface area contributed by atoms with Crippen LogP contribution in [0, 0.1) is 19.7 Å². The molecule has 0 saturated heterocycles. The third-order valence-corrected chi connectivity index (χ3v) is 4.16. The molecule has 140 valence electrons. The van der Waals surface area contributed by atoms with E-state index in [0.717, 1.165) is 22.5 Å². The molecule has 1 amide bonds. The number of carbonyl (C=O) groups is 1. The summed E-state index contributed by atoms with van der Waals surface area (Å²) in [5.41, 5.74) is 3.83. The maximum atomic E-state index is 13.0. The first-order chi connectivity index (χ1) is 12.9. The van der Waals surface area contributed by atoms with Gasteiger partial charge in [-0.25, -0.2) is 9.07 Å². The van der Waals surface area contributed by atoms with Gasteiger partial charge in [-0.1, -0.05) is 29.8 Å². The Hall–Kier alpha value is -2.99. The molecule has 0 aliphatic carbocycles. The summed E-state index contributed by atoms with van der Waals surface area (Å²) in [6, 6.07) is 16.1. The van der Waals surface area contributed by atoms with Crippen LogP contribution < -0.4 is 5.32 Å². The molecule has 0 bridgehead atoms. The molecular formula is C21H23FN4O. The van der Waals surface area contributed by atoms with Crippen molar-refractivity contribution in [2.75, 3.05) is 18.9 Å². The molecule has 0 fully saturated rings. The van der Waals surface area contributed by atoms with Crippen LogP contribution in [0.4, 0.5) is 10.2 Å². The van der Waals surface area contributed by atoms with Gasteiger partial charge in [0.1, 0.15) is 11.6 Å². The fourth-order valence-electron chi connectivity index (χ4n) is 2.86. The maximum absolute atomic E-state index is 13.0. The Morgan fingerprint density at radius 2 is 1.78 bits per heavy atom. The maximum Gasteiger partial charge on any atom is 0.239 e. The summed E-state index contributed by atoms with van der Waals surface area (Å²) in [6.07, 6.45) is 0. The van der Waals surface area contributed by atoms with Crippen LogP contribution in [0.25, 0.3) is 5.69 Å². The third kappa shape index (κ3) is 5.01. The molecule has 0 aliphatic rings. The number of halogens is 1. The lowest BCUT2D eigenvalue weighted by molar-refractivity contribution is -0.117. The van der Waals surface area contributed by atoms with Gasteiger partial charge in [0.25, 0.3) is 0 Å². The predicted octanol–water partition coefficient (Wildman–Crippen LogP) is 3.70. The first-order valence-electron chi connectivity index (χ1n) is 8.77. The van der Waals surface area contributed by atoms with Crippen molar-refractivity contribution in [1.82, 2.24) is 14.7 Å². The normalized spacial score (nSPS) is 11.0. The number of carbonyl (C=O) groups excluding carboxylic acids is 1. The number of aromatic nitrogens is 2.